The minimum Gasteiger partial charge on any atom is -0.493 e. The van der Waals surface area contributed by atoms with Gasteiger partial charge in [-0.2, -0.15) is 0 Å². The molecule has 122 valence electrons. The van der Waals surface area contributed by atoms with Crippen molar-refractivity contribution < 1.29 is 14.3 Å². The maximum atomic E-state index is 12.3. The van der Waals surface area contributed by atoms with Crippen LogP contribution in [0.5, 0.6) is 11.5 Å². The Labute approximate surface area is 145 Å². The molecule has 0 fully saturated rings. The Morgan fingerprint density at radius 1 is 1.09 bits per heavy atom. The summed E-state index contributed by atoms with van der Waals surface area (Å²) in [6.45, 7) is 0.430. The number of hydrogen-bond acceptors (Lipinski definition) is 3. The molecule has 0 saturated heterocycles. The van der Waals surface area contributed by atoms with Gasteiger partial charge in [0.1, 0.15) is 0 Å². The summed E-state index contributed by atoms with van der Waals surface area (Å²) in [7, 11) is 3.03. The number of nitrogens with one attached hydrogen (secondary N) is 1. The van der Waals surface area contributed by atoms with Crippen molar-refractivity contribution in [1.82, 2.24) is 5.32 Å². The van der Waals surface area contributed by atoms with Crippen molar-refractivity contribution >= 4 is 29.1 Å². The number of halogens is 2. The maximum Gasteiger partial charge on any atom is 0.255 e. The first-order valence-electron chi connectivity index (χ1n) is 7.00. The van der Waals surface area contributed by atoms with Crippen molar-refractivity contribution in [3.05, 3.63) is 57.6 Å². The summed E-state index contributed by atoms with van der Waals surface area (Å²) in [5, 5.41) is 3.86. The van der Waals surface area contributed by atoms with E-state index in [9.17, 15) is 4.79 Å². The third-order valence-electron chi connectivity index (χ3n) is 3.36. The molecule has 2 aromatic carbocycles. The standard InChI is InChI=1S/C17H17Cl2NO3/c1-22-14-8-4-6-12(16(14)23-2)17(21)20-10-9-11-5-3-7-13(18)15(11)19/h3-8H,9-10H2,1-2H3,(H,20,21). The summed E-state index contributed by atoms with van der Waals surface area (Å²) < 4.78 is 10.5. The largest absolute Gasteiger partial charge is 0.493 e. The Kier molecular flexibility index (Phi) is 6.13. The van der Waals surface area contributed by atoms with Crippen molar-refractivity contribution in [3.63, 3.8) is 0 Å². The van der Waals surface area contributed by atoms with Gasteiger partial charge < -0.3 is 14.8 Å². The van der Waals surface area contributed by atoms with Crippen molar-refractivity contribution in [2.75, 3.05) is 20.8 Å². The Balaban J connectivity index is 2.04. The van der Waals surface area contributed by atoms with E-state index in [1.807, 2.05) is 12.1 Å². The second-order valence-corrected chi connectivity index (χ2v) is 5.55. The van der Waals surface area contributed by atoms with Crippen LogP contribution < -0.4 is 14.8 Å². The third-order valence-corrected chi connectivity index (χ3v) is 4.22. The lowest BCUT2D eigenvalue weighted by Crippen LogP contribution is -2.26. The van der Waals surface area contributed by atoms with Gasteiger partial charge in [-0.25, -0.2) is 0 Å². The number of carbonyl (C=O) groups excluding carboxylic acids is 1. The van der Waals surface area contributed by atoms with E-state index in [-0.39, 0.29) is 5.91 Å². The van der Waals surface area contributed by atoms with Crippen LogP contribution >= 0.6 is 23.2 Å². The molecule has 2 rings (SSSR count). The van der Waals surface area contributed by atoms with Crippen LogP contribution in [0.15, 0.2) is 36.4 Å². The highest BCUT2D eigenvalue weighted by Crippen LogP contribution is 2.30. The molecule has 0 radical (unpaired) electrons. The van der Waals surface area contributed by atoms with Gasteiger partial charge in [-0.1, -0.05) is 41.4 Å². The zero-order chi connectivity index (χ0) is 16.8. The van der Waals surface area contributed by atoms with Crippen LogP contribution in [0, 0.1) is 0 Å². The first-order chi connectivity index (χ1) is 11.1. The molecule has 0 aliphatic carbocycles. The summed E-state index contributed by atoms with van der Waals surface area (Å²) in [4.78, 5) is 12.3. The van der Waals surface area contributed by atoms with E-state index in [4.69, 9.17) is 32.7 Å². The minimum atomic E-state index is -0.237. The van der Waals surface area contributed by atoms with Gasteiger partial charge in [0.25, 0.3) is 5.91 Å². The third kappa shape index (κ3) is 4.09. The van der Waals surface area contributed by atoms with E-state index in [1.54, 1.807) is 24.3 Å². The van der Waals surface area contributed by atoms with Crippen LogP contribution in [0.25, 0.3) is 0 Å². The number of methoxy groups -OCH3 is 2. The fourth-order valence-corrected chi connectivity index (χ4v) is 2.63. The lowest BCUT2D eigenvalue weighted by molar-refractivity contribution is 0.0950. The minimum absolute atomic E-state index is 0.237. The first kappa shape index (κ1) is 17.4. The van der Waals surface area contributed by atoms with Crippen LogP contribution in [-0.4, -0.2) is 26.7 Å². The number of hydrogen-bond donors (Lipinski definition) is 1. The van der Waals surface area contributed by atoms with E-state index in [0.29, 0.717) is 40.1 Å². The number of para-hydroxylation sites is 1. The van der Waals surface area contributed by atoms with Crippen LogP contribution in [0.3, 0.4) is 0 Å². The molecule has 6 heteroatoms. The van der Waals surface area contributed by atoms with Gasteiger partial charge in [-0.3, -0.25) is 4.79 Å². The van der Waals surface area contributed by atoms with Crippen LogP contribution in [0.4, 0.5) is 0 Å². The van der Waals surface area contributed by atoms with Crippen molar-refractivity contribution in [1.29, 1.82) is 0 Å². The molecule has 1 amide bonds. The average molecular weight is 354 g/mol. The molecule has 2 aromatic rings. The number of carbonyl (C=O) groups is 1. The van der Waals surface area contributed by atoms with Crippen molar-refractivity contribution in [2.24, 2.45) is 0 Å². The van der Waals surface area contributed by atoms with Crippen LogP contribution in [-0.2, 0) is 6.42 Å². The molecule has 0 heterocycles. The van der Waals surface area contributed by atoms with E-state index < -0.39 is 0 Å². The maximum absolute atomic E-state index is 12.3. The summed E-state index contributed by atoms with van der Waals surface area (Å²) in [5.41, 5.74) is 1.31. The molecule has 4 nitrogen and oxygen atoms in total. The monoisotopic (exact) mass is 353 g/mol. The SMILES string of the molecule is COc1cccc(C(=O)NCCc2cccc(Cl)c2Cl)c1OC. The van der Waals surface area contributed by atoms with Gasteiger partial charge in [0.05, 0.1) is 29.8 Å². The fraction of sp³-hybridized carbons (Fsp3) is 0.235. The predicted molar refractivity (Wildman–Crippen MR) is 92.0 cm³/mol. The molecule has 0 saturated carbocycles. The molecule has 1 N–H and O–H groups in total. The van der Waals surface area contributed by atoms with E-state index >= 15 is 0 Å². The highest BCUT2D eigenvalue weighted by molar-refractivity contribution is 6.42. The highest BCUT2D eigenvalue weighted by Gasteiger charge is 2.16. The molecular formula is C17H17Cl2NO3. The fourth-order valence-electron chi connectivity index (χ4n) is 2.21. The zero-order valence-electron chi connectivity index (χ0n) is 12.9. The summed E-state index contributed by atoms with van der Waals surface area (Å²) >= 11 is 12.1. The van der Waals surface area contributed by atoms with Crippen molar-refractivity contribution in [3.8, 4) is 11.5 Å². The average Bonchev–Trinajstić information content (AvgIpc) is 2.57. The lowest BCUT2D eigenvalue weighted by Gasteiger charge is -2.13. The predicted octanol–water partition coefficient (Wildman–Crippen LogP) is 3.98. The quantitative estimate of drug-likeness (QED) is 0.854. The summed E-state index contributed by atoms with van der Waals surface area (Å²) in [6.07, 6.45) is 0.581. The number of ether oxygens (including phenoxy) is 2. The summed E-state index contributed by atoms with van der Waals surface area (Å²) in [6, 6.07) is 10.6. The van der Waals surface area contributed by atoms with Crippen LogP contribution in [0.2, 0.25) is 10.0 Å². The second kappa shape index (κ2) is 8.09. The number of benzene rings is 2. The molecular weight excluding hydrogens is 337 g/mol. The van der Waals surface area contributed by atoms with Gasteiger partial charge in [0.15, 0.2) is 11.5 Å². The van der Waals surface area contributed by atoms with E-state index in [0.717, 1.165) is 5.56 Å². The molecule has 0 bridgehead atoms. The van der Waals surface area contributed by atoms with E-state index in [2.05, 4.69) is 5.32 Å². The number of rotatable bonds is 6. The van der Waals surface area contributed by atoms with Gasteiger partial charge in [-0.05, 0) is 30.2 Å². The molecule has 0 aliphatic rings. The normalized spacial score (nSPS) is 10.3. The molecule has 0 aliphatic heterocycles. The van der Waals surface area contributed by atoms with Gasteiger partial charge >= 0.3 is 0 Å². The Hall–Kier alpha value is -1.91. The van der Waals surface area contributed by atoms with Gasteiger partial charge in [-0.15, -0.1) is 0 Å². The second-order valence-electron chi connectivity index (χ2n) is 4.76. The zero-order valence-corrected chi connectivity index (χ0v) is 14.4. The smallest absolute Gasteiger partial charge is 0.255 e. The summed E-state index contributed by atoms with van der Waals surface area (Å²) in [5.74, 6) is 0.685. The lowest BCUT2D eigenvalue weighted by atomic mass is 10.1. The van der Waals surface area contributed by atoms with E-state index in [1.165, 1.54) is 14.2 Å². The van der Waals surface area contributed by atoms with Crippen LogP contribution in [0.1, 0.15) is 15.9 Å². The molecule has 23 heavy (non-hydrogen) atoms. The molecule has 0 spiro atoms. The highest BCUT2D eigenvalue weighted by atomic mass is 35.5. The molecule has 0 aromatic heterocycles. The molecule has 0 atom stereocenters. The molecule has 0 unspecified atom stereocenters. The first-order valence-corrected chi connectivity index (χ1v) is 7.76. The Bertz CT molecular complexity index is 704. The topological polar surface area (TPSA) is 47.6 Å². The Morgan fingerprint density at radius 3 is 2.52 bits per heavy atom. The number of amides is 1. The Morgan fingerprint density at radius 2 is 1.83 bits per heavy atom. The van der Waals surface area contributed by atoms with Crippen molar-refractivity contribution in [2.45, 2.75) is 6.42 Å². The van der Waals surface area contributed by atoms with Gasteiger partial charge in [0, 0.05) is 6.54 Å². The van der Waals surface area contributed by atoms with Gasteiger partial charge in [0.2, 0.25) is 0 Å².